The van der Waals surface area contributed by atoms with Gasteiger partial charge in [0.25, 0.3) is 0 Å². The van der Waals surface area contributed by atoms with Gasteiger partial charge in [0.05, 0.1) is 5.88 Å². The van der Waals surface area contributed by atoms with E-state index in [2.05, 4.69) is 0 Å². The van der Waals surface area contributed by atoms with Gasteiger partial charge in [-0.2, -0.15) is 0 Å². The van der Waals surface area contributed by atoms with Gasteiger partial charge in [0.2, 0.25) is 0 Å². The van der Waals surface area contributed by atoms with Gasteiger partial charge < -0.3 is 4.74 Å². The number of benzene rings is 2. The van der Waals surface area contributed by atoms with Crippen molar-refractivity contribution in [3.63, 3.8) is 0 Å². The molecule has 0 amide bonds. The van der Waals surface area contributed by atoms with E-state index in [0.717, 1.165) is 5.56 Å². The molecule has 2 aromatic rings. The van der Waals surface area contributed by atoms with Gasteiger partial charge in [-0.3, -0.25) is 0 Å². The Bertz CT molecular complexity index is 570. The molecule has 94 valence electrons. The fraction of sp³-hybridized carbons (Fsp3) is 0.143. The predicted molar refractivity (Wildman–Crippen MR) is 72.2 cm³/mol. The smallest absolute Gasteiger partial charge is 0.168 e. The third kappa shape index (κ3) is 2.77. The minimum Gasteiger partial charge on any atom is -0.454 e. The molecule has 0 aliphatic carbocycles. The van der Waals surface area contributed by atoms with E-state index in [9.17, 15) is 4.39 Å². The van der Waals surface area contributed by atoms with E-state index in [0.29, 0.717) is 16.3 Å². The summed E-state index contributed by atoms with van der Waals surface area (Å²) in [6.07, 6.45) is 0. The first-order valence-electron chi connectivity index (χ1n) is 5.39. The Balaban J connectivity index is 2.39. The number of alkyl halides is 1. The van der Waals surface area contributed by atoms with E-state index < -0.39 is 0 Å². The van der Waals surface area contributed by atoms with Crippen LogP contribution >= 0.6 is 23.2 Å². The van der Waals surface area contributed by atoms with Crippen molar-refractivity contribution in [3.8, 4) is 11.5 Å². The van der Waals surface area contributed by atoms with Crippen LogP contribution in [0.25, 0.3) is 0 Å². The molecule has 0 atom stereocenters. The lowest BCUT2D eigenvalue weighted by molar-refractivity contribution is 0.437. The van der Waals surface area contributed by atoms with Gasteiger partial charge in [-0.15, -0.1) is 11.6 Å². The highest BCUT2D eigenvalue weighted by Gasteiger charge is 2.10. The molecule has 0 unspecified atom stereocenters. The second kappa shape index (κ2) is 5.59. The minimum absolute atomic E-state index is 0.170. The lowest BCUT2D eigenvalue weighted by Gasteiger charge is -2.11. The number of rotatable bonds is 3. The number of halogens is 3. The maximum atomic E-state index is 13.8. The molecule has 0 aliphatic rings. The predicted octanol–water partition coefficient (Wildman–Crippen LogP) is 5.32. The van der Waals surface area contributed by atoms with E-state index >= 15 is 0 Å². The van der Waals surface area contributed by atoms with Crippen molar-refractivity contribution < 1.29 is 9.13 Å². The summed E-state index contributed by atoms with van der Waals surface area (Å²) >= 11 is 11.7. The summed E-state index contributed by atoms with van der Waals surface area (Å²) in [7, 11) is 0. The molecule has 0 bridgehead atoms. The SMILES string of the molecule is Cc1cccc(Oc2cc(Cl)ccc2CCl)c1F. The summed E-state index contributed by atoms with van der Waals surface area (Å²) in [5.41, 5.74) is 1.30. The fourth-order valence-corrected chi connectivity index (χ4v) is 1.93. The molecule has 0 radical (unpaired) electrons. The Kier molecular flexibility index (Phi) is 4.10. The van der Waals surface area contributed by atoms with Crippen LogP contribution in [0.2, 0.25) is 5.02 Å². The van der Waals surface area contributed by atoms with E-state index in [-0.39, 0.29) is 17.4 Å². The molecule has 0 fully saturated rings. The highest BCUT2D eigenvalue weighted by Crippen LogP contribution is 2.31. The van der Waals surface area contributed by atoms with Crippen LogP contribution in [-0.4, -0.2) is 0 Å². The molecule has 0 N–H and O–H groups in total. The molecule has 0 saturated heterocycles. The van der Waals surface area contributed by atoms with Gasteiger partial charge in [-0.25, -0.2) is 4.39 Å². The highest BCUT2D eigenvalue weighted by atomic mass is 35.5. The van der Waals surface area contributed by atoms with Gasteiger partial charge >= 0.3 is 0 Å². The Morgan fingerprint density at radius 3 is 2.67 bits per heavy atom. The Morgan fingerprint density at radius 1 is 1.17 bits per heavy atom. The summed E-state index contributed by atoms with van der Waals surface area (Å²) < 4.78 is 19.4. The average molecular weight is 285 g/mol. The molecule has 1 nitrogen and oxygen atoms in total. The second-order valence-electron chi connectivity index (χ2n) is 3.87. The number of hydrogen-bond donors (Lipinski definition) is 0. The van der Waals surface area contributed by atoms with Crippen molar-refractivity contribution in [1.29, 1.82) is 0 Å². The maximum Gasteiger partial charge on any atom is 0.168 e. The number of ether oxygens (including phenoxy) is 1. The van der Waals surface area contributed by atoms with E-state index in [1.807, 2.05) is 0 Å². The first-order chi connectivity index (χ1) is 8.61. The standard InChI is InChI=1S/C14H11Cl2FO/c1-9-3-2-4-12(14(9)17)18-13-7-11(16)6-5-10(13)8-15/h2-7H,8H2,1H3. The summed E-state index contributed by atoms with van der Waals surface area (Å²) in [5, 5.41) is 0.520. The molecule has 18 heavy (non-hydrogen) atoms. The van der Waals surface area contributed by atoms with Crippen molar-refractivity contribution in [2.75, 3.05) is 0 Å². The highest BCUT2D eigenvalue weighted by molar-refractivity contribution is 6.30. The molecule has 4 heteroatoms. The second-order valence-corrected chi connectivity index (χ2v) is 4.58. The van der Waals surface area contributed by atoms with Gasteiger partial charge in [-0.05, 0) is 30.7 Å². The quantitative estimate of drug-likeness (QED) is 0.693. The van der Waals surface area contributed by atoms with Crippen molar-refractivity contribution >= 4 is 23.2 Å². The zero-order valence-electron chi connectivity index (χ0n) is 9.71. The van der Waals surface area contributed by atoms with Crippen molar-refractivity contribution in [2.24, 2.45) is 0 Å². The molecular formula is C14H11Cl2FO. The van der Waals surface area contributed by atoms with Gasteiger partial charge in [0, 0.05) is 10.6 Å². The molecule has 0 saturated carbocycles. The van der Waals surface area contributed by atoms with Crippen LogP contribution in [0.4, 0.5) is 4.39 Å². The molecule has 0 spiro atoms. The zero-order valence-corrected chi connectivity index (χ0v) is 11.2. The topological polar surface area (TPSA) is 9.23 Å². The van der Waals surface area contributed by atoms with Gasteiger partial charge in [0.1, 0.15) is 5.75 Å². The first-order valence-corrected chi connectivity index (χ1v) is 6.30. The monoisotopic (exact) mass is 284 g/mol. The van der Waals surface area contributed by atoms with Gasteiger partial charge in [0.15, 0.2) is 11.6 Å². The Hall–Kier alpha value is -1.25. The first kappa shape index (κ1) is 13.2. The maximum absolute atomic E-state index is 13.8. The summed E-state index contributed by atoms with van der Waals surface area (Å²) in [5.74, 6) is 0.545. The summed E-state index contributed by atoms with van der Waals surface area (Å²) in [6.45, 7) is 1.68. The lowest BCUT2D eigenvalue weighted by atomic mass is 10.2. The summed E-state index contributed by atoms with van der Waals surface area (Å²) in [6, 6.07) is 10.1. The van der Waals surface area contributed by atoms with Crippen LogP contribution in [0.3, 0.4) is 0 Å². The molecular weight excluding hydrogens is 274 g/mol. The van der Waals surface area contributed by atoms with Crippen molar-refractivity contribution in [2.45, 2.75) is 12.8 Å². The molecule has 2 rings (SSSR count). The van der Waals surface area contributed by atoms with Crippen LogP contribution in [0.1, 0.15) is 11.1 Å². The number of aryl methyl sites for hydroxylation is 1. The average Bonchev–Trinajstić information content (AvgIpc) is 2.35. The largest absolute Gasteiger partial charge is 0.454 e. The van der Waals surface area contributed by atoms with E-state index in [1.165, 1.54) is 0 Å². The van der Waals surface area contributed by atoms with Crippen LogP contribution < -0.4 is 4.74 Å². The van der Waals surface area contributed by atoms with E-state index in [1.54, 1.807) is 43.3 Å². The molecule has 0 heterocycles. The molecule has 0 aromatic heterocycles. The Labute approximate surface area is 115 Å². The normalized spacial score (nSPS) is 10.4. The Morgan fingerprint density at radius 2 is 1.94 bits per heavy atom. The van der Waals surface area contributed by atoms with E-state index in [4.69, 9.17) is 27.9 Å². The zero-order chi connectivity index (χ0) is 13.1. The minimum atomic E-state index is -0.377. The number of hydrogen-bond acceptors (Lipinski definition) is 1. The third-order valence-electron chi connectivity index (χ3n) is 2.55. The molecule has 0 aliphatic heterocycles. The molecule has 2 aromatic carbocycles. The lowest BCUT2D eigenvalue weighted by Crippen LogP contribution is -1.93. The van der Waals surface area contributed by atoms with Crippen LogP contribution in [0.15, 0.2) is 36.4 Å². The third-order valence-corrected chi connectivity index (χ3v) is 3.07. The summed E-state index contributed by atoms with van der Waals surface area (Å²) in [4.78, 5) is 0. The van der Waals surface area contributed by atoms with Crippen LogP contribution in [0, 0.1) is 12.7 Å². The van der Waals surface area contributed by atoms with Crippen LogP contribution in [-0.2, 0) is 5.88 Å². The van der Waals surface area contributed by atoms with Crippen LogP contribution in [0.5, 0.6) is 11.5 Å². The fourth-order valence-electron chi connectivity index (χ4n) is 1.55. The van der Waals surface area contributed by atoms with Crippen molar-refractivity contribution in [1.82, 2.24) is 0 Å². The van der Waals surface area contributed by atoms with Gasteiger partial charge in [-0.1, -0.05) is 29.8 Å². The van der Waals surface area contributed by atoms with Crippen molar-refractivity contribution in [3.05, 3.63) is 58.4 Å².